The van der Waals surface area contributed by atoms with Crippen molar-refractivity contribution in [1.82, 2.24) is 19.9 Å². The second-order valence-corrected chi connectivity index (χ2v) is 4.47. The smallest absolute Gasteiger partial charge is 0.110 e. The van der Waals surface area contributed by atoms with Gasteiger partial charge in [-0.2, -0.15) is 0 Å². The topological polar surface area (TPSA) is 42.7 Å². The number of aryl methyl sites for hydroxylation is 2. The molecule has 2 rings (SSSR count). The Bertz CT molecular complexity index is 504. The second-order valence-electron chi connectivity index (χ2n) is 4.47. The normalized spacial score (nSPS) is 12.6. The molecule has 96 valence electrons. The average molecular weight is 244 g/mol. The van der Waals surface area contributed by atoms with Gasteiger partial charge < -0.3 is 9.88 Å². The van der Waals surface area contributed by atoms with Crippen molar-refractivity contribution in [2.75, 3.05) is 6.54 Å². The van der Waals surface area contributed by atoms with E-state index in [1.54, 1.807) is 0 Å². The van der Waals surface area contributed by atoms with Crippen molar-refractivity contribution in [1.29, 1.82) is 0 Å². The predicted octanol–water partition coefficient (Wildman–Crippen LogP) is 2.02. The molecule has 0 saturated heterocycles. The average Bonchev–Trinajstić information content (AvgIpc) is 2.75. The number of imidazole rings is 1. The summed E-state index contributed by atoms with van der Waals surface area (Å²) in [4.78, 5) is 8.90. The zero-order chi connectivity index (χ0) is 13.0. The maximum Gasteiger partial charge on any atom is 0.110 e. The van der Waals surface area contributed by atoms with Gasteiger partial charge in [0.2, 0.25) is 0 Å². The first-order valence-corrected chi connectivity index (χ1v) is 6.33. The van der Waals surface area contributed by atoms with Gasteiger partial charge in [0.15, 0.2) is 0 Å². The molecule has 0 amide bonds. The first-order valence-electron chi connectivity index (χ1n) is 6.33. The Morgan fingerprint density at radius 3 is 2.78 bits per heavy atom. The number of likely N-dealkylation sites (N-methyl/N-ethyl adjacent to an activating group) is 1. The SMILES string of the molecule is CCNC(Cc1nccn1C)c1ncccc1C. The molecule has 0 aliphatic carbocycles. The summed E-state index contributed by atoms with van der Waals surface area (Å²) in [5, 5.41) is 3.49. The fraction of sp³-hybridized carbons (Fsp3) is 0.429. The molecule has 4 nitrogen and oxygen atoms in total. The minimum atomic E-state index is 0.220. The van der Waals surface area contributed by atoms with Crippen LogP contribution in [0.15, 0.2) is 30.7 Å². The number of nitrogens with zero attached hydrogens (tertiary/aromatic N) is 3. The summed E-state index contributed by atoms with van der Waals surface area (Å²) in [5.74, 6) is 1.08. The van der Waals surface area contributed by atoms with Gasteiger partial charge in [-0.25, -0.2) is 4.98 Å². The third-order valence-electron chi connectivity index (χ3n) is 3.14. The van der Waals surface area contributed by atoms with Crippen molar-refractivity contribution in [2.45, 2.75) is 26.3 Å². The molecule has 0 bridgehead atoms. The number of rotatable bonds is 5. The molecule has 0 aliphatic rings. The summed E-state index contributed by atoms with van der Waals surface area (Å²) in [6.45, 7) is 5.14. The highest BCUT2D eigenvalue weighted by atomic mass is 15.0. The number of hydrogen-bond acceptors (Lipinski definition) is 3. The third kappa shape index (κ3) is 2.76. The molecule has 0 saturated carbocycles. The van der Waals surface area contributed by atoms with Crippen LogP contribution in [0, 0.1) is 6.92 Å². The van der Waals surface area contributed by atoms with Gasteiger partial charge >= 0.3 is 0 Å². The highest BCUT2D eigenvalue weighted by Gasteiger charge is 2.16. The maximum atomic E-state index is 4.51. The molecule has 0 aliphatic heterocycles. The monoisotopic (exact) mass is 244 g/mol. The van der Waals surface area contributed by atoms with Crippen LogP contribution in [0.5, 0.6) is 0 Å². The van der Waals surface area contributed by atoms with E-state index in [-0.39, 0.29) is 6.04 Å². The molecule has 0 aromatic carbocycles. The largest absolute Gasteiger partial charge is 0.338 e. The van der Waals surface area contributed by atoms with Crippen LogP contribution in [-0.2, 0) is 13.5 Å². The Hall–Kier alpha value is -1.68. The van der Waals surface area contributed by atoms with E-state index in [0.29, 0.717) is 0 Å². The van der Waals surface area contributed by atoms with Gasteiger partial charge in [-0.05, 0) is 25.1 Å². The Labute approximate surface area is 108 Å². The molecular weight excluding hydrogens is 224 g/mol. The van der Waals surface area contributed by atoms with E-state index in [0.717, 1.165) is 24.5 Å². The van der Waals surface area contributed by atoms with Crippen molar-refractivity contribution >= 4 is 0 Å². The minimum absolute atomic E-state index is 0.220. The van der Waals surface area contributed by atoms with Crippen molar-refractivity contribution in [3.63, 3.8) is 0 Å². The standard InChI is InChI=1S/C14H20N4/c1-4-15-12(10-13-16-8-9-18(13)3)14-11(2)6-5-7-17-14/h5-9,12,15H,4,10H2,1-3H3. The predicted molar refractivity (Wildman–Crippen MR) is 72.3 cm³/mol. The van der Waals surface area contributed by atoms with Gasteiger partial charge in [0.05, 0.1) is 11.7 Å². The van der Waals surface area contributed by atoms with Gasteiger partial charge in [0.1, 0.15) is 5.82 Å². The van der Waals surface area contributed by atoms with Crippen LogP contribution in [0.2, 0.25) is 0 Å². The lowest BCUT2D eigenvalue weighted by atomic mass is 10.0. The van der Waals surface area contributed by atoms with Crippen LogP contribution in [0.4, 0.5) is 0 Å². The molecule has 18 heavy (non-hydrogen) atoms. The zero-order valence-electron chi connectivity index (χ0n) is 11.2. The molecule has 0 radical (unpaired) electrons. The Morgan fingerprint density at radius 1 is 1.33 bits per heavy atom. The van der Waals surface area contributed by atoms with Gasteiger partial charge in [0.25, 0.3) is 0 Å². The van der Waals surface area contributed by atoms with Gasteiger partial charge in [-0.1, -0.05) is 13.0 Å². The van der Waals surface area contributed by atoms with Crippen LogP contribution in [0.1, 0.15) is 30.0 Å². The van der Waals surface area contributed by atoms with E-state index in [2.05, 4.69) is 39.8 Å². The number of nitrogens with one attached hydrogen (secondary N) is 1. The summed E-state index contributed by atoms with van der Waals surface area (Å²) >= 11 is 0. The summed E-state index contributed by atoms with van der Waals surface area (Å²) in [6.07, 6.45) is 6.52. The van der Waals surface area contributed by atoms with E-state index < -0.39 is 0 Å². The Balaban J connectivity index is 2.24. The van der Waals surface area contributed by atoms with Gasteiger partial charge in [-0.3, -0.25) is 4.98 Å². The highest BCUT2D eigenvalue weighted by molar-refractivity contribution is 5.22. The van der Waals surface area contributed by atoms with Crippen LogP contribution in [-0.4, -0.2) is 21.1 Å². The summed E-state index contributed by atoms with van der Waals surface area (Å²) < 4.78 is 2.06. The summed E-state index contributed by atoms with van der Waals surface area (Å²) in [5.41, 5.74) is 2.33. The molecular formula is C14H20N4. The molecule has 4 heteroatoms. The van der Waals surface area contributed by atoms with E-state index >= 15 is 0 Å². The number of hydrogen-bond donors (Lipinski definition) is 1. The fourth-order valence-electron chi connectivity index (χ4n) is 2.15. The molecule has 0 spiro atoms. The number of aromatic nitrogens is 3. The summed E-state index contributed by atoms with van der Waals surface area (Å²) in [6, 6.07) is 4.30. The molecule has 1 atom stereocenters. The number of pyridine rings is 1. The molecule has 0 fully saturated rings. The lowest BCUT2D eigenvalue weighted by Gasteiger charge is -2.18. The zero-order valence-corrected chi connectivity index (χ0v) is 11.2. The summed E-state index contributed by atoms with van der Waals surface area (Å²) in [7, 11) is 2.02. The lowest BCUT2D eigenvalue weighted by molar-refractivity contribution is 0.515. The molecule has 2 aromatic heterocycles. The fourth-order valence-corrected chi connectivity index (χ4v) is 2.15. The van der Waals surface area contributed by atoms with Crippen molar-refractivity contribution in [2.24, 2.45) is 7.05 Å². The van der Waals surface area contributed by atoms with Gasteiger partial charge in [-0.15, -0.1) is 0 Å². The molecule has 1 N–H and O–H groups in total. The molecule has 1 unspecified atom stereocenters. The van der Waals surface area contributed by atoms with E-state index in [9.17, 15) is 0 Å². The third-order valence-corrected chi connectivity index (χ3v) is 3.14. The first-order chi connectivity index (χ1) is 8.72. The lowest BCUT2D eigenvalue weighted by Crippen LogP contribution is -2.25. The van der Waals surface area contributed by atoms with Crippen molar-refractivity contribution in [3.05, 3.63) is 47.8 Å². The first kappa shape index (κ1) is 12.8. The van der Waals surface area contributed by atoms with Crippen LogP contribution in [0.3, 0.4) is 0 Å². The molecule has 2 aromatic rings. The highest BCUT2D eigenvalue weighted by Crippen LogP contribution is 2.18. The van der Waals surface area contributed by atoms with Crippen molar-refractivity contribution in [3.8, 4) is 0 Å². The van der Waals surface area contributed by atoms with Crippen molar-refractivity contribution < 1.29 is 0 Å². The van der Waals surface area contributed by atoms with Gasteiger partial charge in [0, 0.05) is 32.1 Å². The maximum absolute atomic E-state index is 4.51. The second kappa shape index (κ2) is 5.78. The van der Waals surface area contributed by atoms with E-state index in [4.69, 9.17) is 0 Å². The Morgan fingerprint density at radius 2 is 2.17 bits per heavy atom. The van der Waals surface area contributed by atoms with Crippen LogP contribution in [0.25, 0.3) is 0 Å². The molecule has 2 heterocycles. The van der Waals surface area contributed by atoms with E-state index in [1.165, 1.54) is 5.56 Å². The van der Waals surface area contributed by atoms with Crippen LogP contribution >= 0.6 is 0 Å². The minimum Gasteiger partial charge on any atom is -0.338 e. The van der Waals surface area contributed by atoms with E-state index in [1.807, 2.05) is 31.7 Å². The Kier molecular flexibility index (Phi) is 4.10. The quantitative estimate of drug-likeness (QED) is 0.875. The van der Waals surface area contributed by atoms with Crippen LogP contribution < -0.4 is 5.32 Å².